The summed E-state index contributed by atoms with van der Waals surface area (Å²) in [5, 5.41) is 9.67. The lowest BCUT2D eigenvalue weighted by atomic mass is 9.99. The Hall–Kier alpha value is -1.26. The van der Waals surface area contributed by atoms with Crippen LogP contribution >= 0.6 is 11.6 Å². The first-order valence-corrected chi connectivity index (χ1v) is 7.87. The molecule has 0 amide bonds. The van der Waals surface area contributed by atoms with E-state index in [2.05, 4.69) is 4.90 Å². The van der Waals surface area contributed by atoms with Gasteiger partial charge in [-0.25, -0.2) is 0 Å². The fraction of sp³-hybridized carbons (Fsp3) is 0.562. The van der Waals surface area contributed by atoms with Gasteiger partial charge >= 0.3 is 5.97 Å². The molecule has 4 nitrogen and oxygen atoms in total. The molecule has 0 aliphatic carbocycles. The lowest BCUT2D eigenvalue weighted by Crippen LogP contribution is -2.41. The Morgan fingerprint density at radius 1 is 1.33 bits per heavy atom. The van der Waals surface area contributed by atoms with Crippen molar-refractivity contribution in [3.63, 3.8) is 0 Å². The van der Waals surface area contributed by atoms with Crippen LogP contribution in [0.1, 0.15) is 32.1 Å². The molecule has 5 heteroatoms. The van der Waals surface area contributed by atoms with E-state index in [9.17, 15) is 4.79 Å². The Labute approximate surface area is 130 Å². The van der Waals surface area contributed by atoms with Gasteiger partial charge in [-0.15, -0.1) is 0 Å². The molecule has 0 spiro atoms. The molecular weight excluding hydrogens is 290 g/mol. The lowest BCUT2D eigenvalue weighted by molar-refractivity contribution is -0.138. The van der Waals surface area contributed by atoms with Gasteiger partial charge in [-0.05, 0) is 50.1 Å². The predicted octanol–water partition coefficient (Wildman–Crippen LogP) is 3.44. The number of benzene rings is 1. The second-order valence-electron chi connectivity index (χ2n) is 5.44. The van der Waals surface area contributed by atoms with Gasteiger partial charge in [0.2, 0.25) is 0 Å². The van der Waals surface area contributed by atoms with Crippen molar-refractivity contribution >= 4 is 17.6 Å². The minimum absolute atomic E-state index is 0.187. The van der Waals surface area contributed by atoms with Crippen LogP contribution in [0, 0.1) is 0 Å². The van der Waals surface area contributed by atoms with Gasteiger partial charge in [-0.2, -0.15) is 0 Å². The molecule has 1 N–H and O–H groups in total. The number of ether oxygens (including phenoxy) is 1. The molecule has 1 saturated heterocycles. The topological polar surface area (TPSA) is 49.8 Å². The molecule has 116 valence electrons. The molecule has 2 rings (SSSR count). The normalized spacial score (nSPS) is 19.4. The van der Waals surface area contributed by atoms with Crippen molar-refractivity contribution in [2.45, 2.75) is 38.1 Å². The van der Waals surface area contributed by atoms with Crippen LogP contribution in [0.3, 0.4) is 0 Å². The van der Waals surface area contributed by atoms with E-state index in [0.717, 1.165) is 44.5 Å². The van der Waals surface area contributed by atoms with Gasteiger partial charge in [-0.1, -0.05) is 18.0 Å². The predicted molar refractivity (Wildman–Crippen MR) is 83.0 cm³/mol. The van der Waals surface area contributed by atoms with Crippen molar-refractivity contribution in [3.05, 3.63) is 29.3 Å². The SMILES string of the molecule is O=C(O)CC1CCCCN1CCCOc1ccc(Cl)cc1. The van der Waals surface area contributed by atoms with E-state index in [0.29, 0.717) is 11.6 Å². The molecule has 0 bridgehead atoms. The Kier molecular flexibility index (Phi) is 6.33. The monoisotopic (exact) mass is 311 g/mol. The molecule has 1 unspecified atom stereocenters. The summed E-state index contributed by atoms with van der Waals surface area (Å²) in [5.74, 6) is 0.115. The van der Waals surface area contributed by atoms with Gasteiger partial charge in [0.15, 0.2) is 0 Å². The van der Waals surface area contributed by atoms with Crippen LogP contribution in [0.25, 0.3) is 0 Å². The number of halogens is 1. The third kappa shape index (κ3) is 5.56. The van der Waals surface area contributed by atoms with Crippen LogP contribution in [0.5, 0.6) is 5.75 Å². The first kappa shape index (κ1) is 16.1. The minimum atomic E-state index is -0.704. The third-order valence-electron chi connectivity index (χ3n) is 3.83. The largest absolute Gasteiger partial charge is 0.494 e. The Bertz CT molecular complexity index is 449. The number of hydrogen-bond donors (Lipinski definition) is 1. The fourth-order valence-corrected chi connectivity index (χ4v) is 2.90. The van der Waals surface area contributed by atoms with Gasteiger partial charge in [0, 0.05) is 17.6 Å². The molecule has 1 atom stereocenters. The van der Waals surface area contributed by atoms with Gasteiger partial charge in [0.05, 0.1) is 13.0 Å². The van der Waals surface area contributed by atoms with E-state index in [1.54, 1.807) is 0 Å². The molecular formula is C16H22ClNO3. The van der Waals surface area contributed by atoms with Crippen molar-refractivity contribution in [3.8, 4) is 5.75 Å². The second kappa shape index (κ2) is 8.25. The number of hydrogen-bond acceptors (Lipinski definition) is 3. The number of piperidine rings is 1. The summed E-state index contributed by atoms with van der Waals surface area (Å²) in [5.41, 5.74) is 0. The molecule has 0 aromatic heterocycles. The van der Waals surface area contributed by atoms with E-state index in [1.165, 1.54) is 0 Å². The van der Waals surface area contributed by atoms with Crippen molar-refractivity contribution in [1.82, 2.24) is 4.90 Å². The number of carboxylic acid groups (broad SMARTS) is 1. The lowest BCUT2D eigenvalue weighted by Gasteiger charge is -2.34. The van der Waals surface area contributed by atoms with Crippen LogP contribution in [0.15, 0.2) is 24.3 Å². The van der Waals surface area contributed by atoms with Crippen LogP contribution in [0.2, 0.25) is 5.02 Å². The molecule has 1 aliphatic rings. The molecule has 1 aliphatic heterocycles. The van der Waals surface area contributed by atoms with E-state index >= 15 is 0 Å². The molecule has 0 radical (unpaired) electrons. The van der Waals surface area contributed by atoms with Crippen molar-refractivity contribution in [1.29, 1.82) is 0 Å². The molecule has 0 saturated carbocycles. The molecule has 1 aromatic rings. The van der Waals surface area contributed by atoms with Crippen molar-refractivity contribution in [2.75, 3.05) is 19.7 Å². The first-order chi connectivity index (χ1) is 10.1. The maximum Gasteiger partial charge on any atom is 0.304 e. The summed E-state index contributed by atoms with van der Waals surface area (Å²) in [6.07, 6.45) is 4.44. The zero-order valence-corrected chi connectivity index (χ0v) is 12.9. The zero-order chi connectivity index (χ0) is 15.1. The second-order valence-corrected chi connectivity index (χ2v) is 5.88. The molecule has 1 aromatic carbocycles. The maximum absolute atomic E-state index is 10.9. The molecule has 1 fully saturated rings. The van der Waals surface area contributed by atoms with E-state index < -0.39 is 5.97 Å². The number of likely N-dealkylation sites (tertiary alicyclic amines) is 1. The summed E-state index contributed by atoms with van der Waals surface area (Å²) in [7, 11) is 0. The van der Waals surface area contributed by atoms with E-state index in [-0.39, 0.29) is 12.5 Å². The highest BCUT2D eigenvalue weighted by Gasteiger charge is 2.23. The summed E-state index contributed by atoms with van der Waals surface area (Å²) >= 11 is 5.82. The average Bonchev–Trinajstić information content (AvgIpc) is 2.46. The van der Waals surface area contributed by atoms with Crippen LogP contribution in [-0.4, -0.2) is 41.7 Å². The van der Waals surface area contributed by atoms with Crippen molar-refractivity contribution in [2.24, 2.45) is 0 Å². The minimum Gasteiger partial charge on any atom is -0.494 e. The summed E-state index contributed by atoms with van der Waals surface area (Å²) < 4.78 is 5.67. The molecule has 1 heterocycles. The first-order valence-electron chi connectivity index (χ1n) is 7.49. The average molecular weight is 312 g/mol. The highest BCUT2D eigenvalue weighted by molar-refractivity contribution is 6.30. The van der Waals surface area contributed by atoms with Crippen LogP contribution < -0.4 is 4.74 Å². The van der Waals surface area contributed by atoms with Gasteiger partial charge < -0.3 is 9.84 Å². The maximum atomic E-state index is 10.9. The quantitative estimate of drug-likeness (QED) is 0.784. The number of aliphatic carboxylic acids is 1. The van der Waals surface area contributed by atoms with Crippen LogP contribution in [0.4, 0.5) is 0 Å². The molecule has 21 heavy (non-hydrogen) atoms. The Balaban J connectivity index is 1.71. The highest BCUT2D eigenvalue weighted by atomic mass is 35.5. The zero-order valence-electron chi connectivity index (χ0n) is 12.1. The van der Waals surface area contributed by atoms with E-state index in [1.807, 2.05) is 24.3 Å². The van der Waals surface area contributed by atoms with Gasteiger partial charge in [-0.3, -0.25) is 9.69 Å². The summed E-state index contributed by atoms with van der Waals surface area (Å²) in [6.45, 7) is 2.53. The number of rotatable bonds is 7. The van der Waals surface area contributed by atoms with Gasteiger partial charge in [0.25, 0.3) is 0 Å². The smallest absolute Gasteiger partial charge is 0.304 e. The summed E-state index contributed by atoms with van der Waals surface area (Å²) in [6, 6.07) is 7.52. The highest BCUT2D eigenvalue weighted by Crippen LogP contribution is 2.20. The Morgan fingerprint density at radius 3 is 2.81 bits per heavy atom. The number of nitrogens with zero attached hydrogens (tertiary/aromatic N) is 1. The third-order valence-corrected chi connectivity index (χ3v) is 4.08. The number of carboxylic acids is 1. The standard InChI is InChI=1S/C16H22ClNO3/c17-13-5-7-15(8-6-13)21-11-3-10-18-9-2-1-4-14(18)12-16(19)20/h5-8,14H,1-4,9-12H2,(H,19,20). The summed E-state index contributed by atoms with van der Waals surface area (Å²) in [4.78, 5) is 13.2. The fourth-order valence-electron chi connectivity index (χ4n) is 2.78. The van der Waals surface area contributed by atoms with Crippen LogP contribution in [-0.2, 0) is 4.79 Å². The number of carbonyl (C=O) groups is 1. The van der Waals surface area contributed by atoms with Gasteiger partial charge in [0.1, 0.15) is 5.75 Å². The van der Waals surface area contributed by atoms with Crippen molar-refractivity contribution < 1.29 is 14.6 Å². The Morgan fingerprint density at radius 2 is 2.10 bits per heavy atom. The van der Waals surface area contributed by atoms with E-state index in [4.69, 9.17) is 21.4 Å².